The van der Waals surface area contributed by atoms with Crippen molar-refractivity contribution in [1.82, 2.24) is 4.90 Å². The van der Waals surface area contributed by atoms with Gasteiger partial charge in [-0.25, -0.2) is 0 Å². The average molecular weight is 298 g/mol. The first-order chi connectivity index (χ1) is 9.60. The first kappa shape index (κ1) is 15.1. The molecule has 0 aliphatic carbocycles. The predicted molar refractivity (Wildman–Crippen MR) is 78.1 cm³/mol. The van der Waals surface area contributed by atoms with E-state index in [1.54, 1.807) is 11.0 Å². The second-order valence-corrected chi connectivity index (χ2v) is 5.64. The van der Waals surface area contributed by atoms with Crippen LogP contribution in [0.3, 0.4) is 0 Å². The molecule has 1 aromatic rings. The van der Waals surface area contributed by atoms with Crippen LogP contribution in [0.5, 0.6) is 5.75 Å². The Labute approximate surface area is 124 Å². The normalized spacial score (nSPS) is 16.2. The van der Waals surface area contributed by atoms with E-state index >= 15 is 0 Å². The maximum Gasteiger partial charge on any atom is 0.260 e. The molecule has 1 amide bonds. The van der Waals surface area contributed by atoms with Crippen molar-refractivity contribution in [3.05, 3.63) is 28.8 Å². The van der Waals surface area contributed by atoms with Crippen molar-refractivity contribution in [3.8, 4) is 5.75 Å². The fourth-order valence-corrected chi connectivity index (χ4v) is 2.49. The van der Waals surface area contributed by atoms with Crippen LogP contribution < -0.4 is 4.74 Å². The van der Waals surface area contributed by atoms with Gasteiger partial charge in [0.15, 0.2) is 6.61 Å². The second-order valence-electron chi connectivity index (χ2n) is 5.23. The van der Waals surface area contributed by atoms with Crippen LogP contribution in [0.1, 0.15) is 18.4 Å². The monoisotopic (exact) mass is 297 g/mol. The minimum Gasteiger partial charge on any atom is -0.482 e. The van der Waals surface area contributed by atoms with E-state index in [0.717, 1.165) is 18.4 Å². The minimum atomic E-state index is -0.0287. The van der Waals surface area contributed by atoms with Crippen molar-refractivity contribution >= 4 is 17.5 Å². The fourth-order valence-electron chi connectivity index (χ4n) is 2.32. The van der Waals surface area contributed by atoms with Gasteiger partial charge in [-0.15, -0.1) is 0 Å². The molecule has 0 aromatic heterocycles. The lowest BCUT2D eigenvalue weighted by Crippen LogP contribution is -2.41. The van der Waals surface area contributed by atoms with Crippen LogP contribution in [0.2, 0.25) is 5.02 Å². The maximum atomic E-state index is 12.1. The molecule has 1 aromatic carbocycles. The van der Waals surface area contributed by atoms with E-state index in [2.05, 4.69) is 0 Å². The van der Waals surface area contributed by atoms with Crippen molar-refractivity contribution in [1.29, 1.82) is 0 Å². The number of ether oxygens (including phenoxy) is 1. The van der Waals surface area contributed by atoms with Crippen molar-refractivity contribution in [2.45, 2.75) is 19.8 Å². The molecule has 1 saturated heterocycles. The third-order valence-electron chi connectivity index (χ3n) is 3.66. The number of hydrogen-bond donors (Lipinski definition) is 1. The lowest BCUT2D eigenvalue weighted by atomic mass is 9.98. The number of aliphatic hydroxyl groups excluding tert-OH is 1. The molecule has 110 valence electrons. The molecule has 0 radical (unpaired) electrons. The number of piperidine rings is 1. The Morgan fingerprint density at radius 2 is 2.15 bits per heavy atom. The molecule has 1 aliphatic rings. The number of aliphatic hydroxyl groups is 1. The summed E-state index contributed by atoms with van der Waals surface area (Å²) in [5.74, 6) is 0.843. The zero-order valence-corrected chi connectivity index (χ0v) is 12.4. The van der Waals surface area contributed by atoms with Crippen molar-refractivity contribution in [2.24, 2.45) is 5.92 Å². The molecule has 5 heteroatoms. The van der Waals surface area contributed by atoms with Gasteiger partial charge >= 0.3 is 0 Å². The summed E-state index contributed by atoms with van der Waals surface area (Å²) < 4.78 is 5.51. The summed E-state index contributed by atoms with van der Waals surface area (Å²) in [5.41, 5.74) is 1.04. The third kappa shape index (κ3) is 3.87. The van der Waals surface area contributed by atoms with Crippen LogP contribution in [0.4, 0.5) is 0 Å². The molecule has 1 fully saturated rings. The van der Waals surface area contributed by atoms with E-state index in [1.807, 2.05) is 19.1 Å². The van der Waals surface area contributed by atoms with E-state index in [0.29, 0.717) is 29.8 Å². The number of halogens is 1. The van der Waals surface area contributed by atoms with Gasteiger partial charge in [-0.05, 0) is 43.4 Å². The van der Waals surface area contributed by atoms with Crippen LogP contribution in [-0.4, -0.2) is 42.2 Å². The Hall–Kier alpha value is -1.26. The minimum absolute atomic E-state index is 0.00691. The van der Waals surface area contributed by atoms with E-state index in [1.165, 1.54) is 0 Å². The Kier molecular flexibility index (Phi) is 5.26. The zero-order valence-electron chi connectivity index (χ0n) is 11.6. The number of rotatable bonds is 4. The highest BCUT2D eigenvalue weighted by atomic mass is 35.5. The van der Waals surface area contributed by atoms with E-state index in [4.69, 9.17) is 21.4 Å². The SMILES string of the molecule is Cc1ccc(Cl)c(OCC(=O)N2CCC(CO)CC2)c1. The van der Waals surface area contributed by atoms with Crippen LogP contribution in [0.25, 0.3) is 0 Å². The number of likely N-dealkylation sites (tertiary alicyclic amines) is 1. The highest BCUT2D eigenvalue weighted by Gasteiger charge is 2.22. The van der Waals surface area contributed by atoms with Crippen LogP contribution in [0.15, 0.2) is 18.2 Å². The topological polar surface area (TPSA) is 49.8 Å². The van der Waals surface area contributed by atoms with Gasteiger partial charge in [0.2, 0.25) is 0 Å². The predicted octanol–water partition coefficient (Wildman–Crippen LogP) is 2.26. The molecule has 0 unspecified atom stereocenters. The summed E-state index contributed by atoms with van der Waals surface area (Å²) in [6, 6.07) is 5.49. The Bertz CT molecular complexity index is 470. The lowest BCUT2D eigenvalue weighted by molar-refractivity contribution is -0.134. The molecular weight excluding hydrogens is 278 g/mol. The van der Waals surface area contributed by atoms with Crippen molar-refractivity contribution < 1.29 is 14.6 Å². The molecular formula is C15H20ClNO3. The summed E-state index contributed by atoms with van der Waals surface area (Å²) >= 11 is 6.03. The first-order valence-electron chi connectivity index (χ1n) is 6.87. The summed E-state index contributed by atoms with van der Waals surface area (Å²) in [6.07, 6.45) is 1.71. The lowest BCUT2D eigenvalue weighted by Gasteiger charge is -2.31. The molecule has 4 nitrogen and oxygen atoms in total. The number of carbonyl (C=O) groups excluding carboxylic acids is 1. The van der Waals surface area contributed by atoms with Gasteiger partial charge in [0.1, 0.15) is 5.75 Å². The zero-order chi connectivity index (χ0) is 14.5. The molecule has 1 N–H and O–H groups in total. The molecule has 1 heterocycles. The standard InChI is InChI=1S/C15H20ClNO3/c1-11-2-3-13(16)14(8-11)20-10-15(19)17-6-4-12(9-18)5-7-17/h2-3,8,12,18H,4-7,9-10H2,1H3. The average Bonchev–Trinajstić information content (AvgIpc) is 2.48. The van der Waals surface area contributed by atoms with Crippen LogP contribution >= 0.6 is 11.6 Å². The van der Waals surface area contributed by atoms with Crippen molar-refractivity contribution in [3.63, 3.8) is 0 Å². The van der Waals surface area contributed by atoms with Gasteiger partial charge < -0.3 is 14.7 Å². The maximum absolute atomic E-state index is 12.1. The number of amides is 1. The summed E-state index contributed by atoms with van der Waals surface area (Å²) in [4.78, 5) is 13.8. The highest BCUT2D eigenvalue weighted by Crippen LogP contribution is 2.25. The van der Waals surface area contributed by atoms with E-state index in [9.17, 15) is 4.79 Å². The smallest absolute Gasteiger partial charge is 0.260 e. The molecule has 2 rings (SSSR count). The van der Waals surface area contributed by atoms with Crippen LogP contribution in [-0.2, 0) is 4.79 Å². The third-order valence-corrected chi connectivity index (χ3v) is 3.98. The van der Waals surface area contributed by atoms with Gasteiger partial charge in [-0.1, -0.05) is 17.7 Å². The number of aryl methyl sites for hydroxylation is 1. The van der Waals surface area contributed by atoms with Gasteiger partial charge in [0, 0.05) is 19.7 Å². The molecule has 20 heavy (non-hydrogen) atoms. The van der Waals surface area contributed by atoms with Gasteiger partial charge in [0.25, 0.3) is 5.91 Å². The van der Waals surface area contributed by atoms with Crippen molar-refractivity contribution in [2.75, 3.05) is 26.3 Å². The molecule has 0 bridgehead atoms. The molecule has 0 saturated carbocycles. The summed E-state index contributed by atoms with van der Waals surface area (Å²) in [7, 11) is 0. The number of benzene rings is 1. The van der Waals surface area contributed by atoms with Gasteiger partial charge in [-0.2, -0.15) is 0 Å². The van der Waals surface area contributed by atoms with E-state index in [-0.39, 0.29) is 19.1 Å². The fraction of sp³-hybridized carbons (Fsp3) is 0.533. The number of carbonyl (C=O) groups is 1. The van der Waals surface area contributed by atoms with E-state index < -0.39 is 0 Å². The Morgan fingerprint density at radius 3 is 2.80 bits per heavy atom. The largest absolute Gasteiger partial charge is 0.482 e. The van der Waals surface area contributed by atoms with Gasteiger partial charge in [-0.3, -0.25) is 4.79 Å². The Morgan fingerprint density at radius 1 is 1.45 bits per heavy atom. The van der Waals surface area contributed by atoms with Gasteiger partial charge in [0.05, 0.1) is 5.02 Å². The number of hydrogen-bond acceptors (Lipinski definition) is 3. The first-order valence-corrected chi connectivity index (χ1v) is 7.25. The quantitative estimate of drug-likeness (QED) is 0.927. The molecule has 0 atom stereocenters. The molecule has 0 spiro atoms. The van der Waals surface area contributed by atoms with Crippen LogP contribution in [0, 0.1) is 12.8 Å². The summed E-state index contributed by atoms with van der Waals surface area (Å²) in [5, 5.41) is 9.60. The summed E-state index contributed by atoms with van der Waals surface area (Å²) in [6.45, 7) is 3.54. The highest BCUT2D eigenvalue weighted by molar-refractivity contribution is 6.32. The second kappa shape index (κ2) is 6.95. The molecule has 1 aliphatic heterocycles. The number of nitrogens with zero attached hydrogens (tertiary/aromatic N) is 1. The Balaban J connectivity index is 1.85.